The first-order valence-corrected chi connectivity index (χ1v) is 4.35. The minimum absolute atomic E-state index is 0.241. The molecule has 14 heavy (non-hydrogen) atoms. The fraction of sp³-hybridized carbons (Fsp3) is 0.556. The van der Waals surface area contributed by atoms with Crippen molar-refractivity contribution in [3.05, 3.63) is 23.7 Å². The maximum atomic E-state index is 12.0. The molecule has 0 aliphatic rings. The van der Waals surface area contributed by atoms with E-state index in [1.807, 2.05) is 0 Å². The lowest BCUT2D eigenvalue weighted by atomic mass is 10.2. The molecular formula is C9H14F2N2O. The van der Waals surface area contributed by atoms with Crippen LogP contribution in [0.5, 0.6) is 0 Å². The van der Waals surface area contributed by atoms with Gasteiger partial charge in [-0.15, -0.1) is 0 Å². The number of halogens is 2. The SMILES string of the molecule is CN(Cc1ccoc1CN)CC(F)F. The molecule has 0 aliphatic heterocycles. The van der Waals surface area contributed by atoms with Crippen molar-refractivity contribution in [1.82, 2.24) is 4.90 Å². The fourth-order valence-electron chi connectivity index (χ4n) is 1.28. The Hall–Kier alpha value is -0.940. The monoisotopic (exact) mass is 204 g/mol. The van der Waals surface area contributed by atoms with Gasteiger partial charge in [-0.1, -0.05) is 0 Å². The molecule has 0 saturated heterocycles. The van der Waals surface area contributed by atoms with E-state index in [9.17, 15) is 8.78 Å². The largest absolute Gasteiger partial charge is 0.468 e. The van der Waals surface area contributed by atoms with E-state index in [1.165, 1.54) is 11.2 Å². The Morgan fingerprint density at radius 1 is 1.57 bits per heavy atom. The highest BCUT2D eigenvalue weighted by Gasteiger charge is 2.11. The molecular weight excluding hydrogens is 190 g/mol. The second-order valence-corrected chi connectivity index (χ2v) is 3.16. The predicted molar refractivity (Wildman–Crippen MR) is 48.9 cm³/mol. The Balaban J connectivity index is 2.51. The van der Waals surface area contributed by atoms with Crippen LogP contribution in [0.4, 0.5) is 8.78 Å². The van der Waals surface area contributed by atoms with Gasteiger partial charge < -0.3 is 10.2 Å². The summed E-state index contributed by atoms with van der Waals surface area (Å²) >= 11 is 0. The molecule has 0 aliphatic carbocycles. The van der Waals surface area contributed by atoms with Crippen LogP contribution in [0.15, 0.2) is 16.7 Å². The summed E-state index contributed by atoms with van der Waals surface area (Å²) in [5.41, 5.74) is 6.28. The van der Waals surface area contributed by atoms with Crippen molar-refractivity contribution in [2.24, 2.45) is 5.73 Å². The average molecular weight is 204 g/mol. The first kappa shape index (κ1) is 11.1. The van der Waals surface area contributed by atoms with Gasteiger partial charge in [-0.2, -0.15) is 0 Å². The second kappa shape index (κ2) is 5.07. The van der Waals surface area contributed by atoms with Crippen LogP contribution in [0, 0.1) is 0 Å². The summed E-state index contributed by atoms with van der Waals surface area (Å²) in [6.07, 6.45) is -0.790. The maximum absolute atomic E-state index is 12.0. The van der Waals surface area contributed by atoms with Gasteiger partial charge in [0.05, 0.1) is 19.4 Å². The Morgan fingerprint density at radius 3 is 2.86 bits per heavy atom. The molecule has 1 rings (SSSR count). The van der Waals surface area contributed by atoms with Crippen LogP contribution in [0.25, 0.3) is 0 Å². The number of hydrogen-bond acceptors (Lipinski definition) is 3. The van der Waals surface area contributed by atoms with Gasteiger partial charge >= 0.3 is 0 Å². The lowest BCUT2D eigenvalue weighted by Gasteiger charge is -2.15. The zero-order valence-electron chi connectivity index (χ0n) is 8.04. The summed E-state index contributed by atoms with van der Waals surface area (Å²) in [7, 11) is 1.64. The lowest BCUT2D eigenvalue weighted by molar-refractivity contribution is 0.0973. The second-order valence-electron chi connectivity index (χ2n) is 3.16. The molecule has 0 atom stereocenters. The van der Waals surface area contributed by atoms with Crippen molar-refractivity contribution in [2.75, 3.05) is 13.6 Å². The summed E-state index contributed by atoms with van der Waals surface area (Å²) in [5, 5.41) is 0. The Bertz CT molecular complexity index is 276. The Labute approximate surface area is 81.5 Å². The van der Waals surface area contributed by atoms with E-state index in [0.717, 1.165) is 5.56 Å². The van der Waals surface area contributed by atoms with Crippen molar-refractivity contribution in [2.45, 2.75) is 19.5 Å². The van der Waals surface area contributed by atoms with Gasteiger partial charge in [-0.25, -0.2) is 8.78 Å². The topological polar surface area (TPSA) is 42.4 Å². The molecule has 0 saturated carbocycles. The molecule has 1 aromatic heterocycles. The highest BCUT2D eigenvalue weighted by atomic mass is 19.3. The quantitative estimate of drug-likeness (QED) is 0.789. The average Bonchev–Trinajstić information content (AvgIpc) is 2.50. The zero-order chi connectivity index (χ0) is 10.6. The van der Waals surface area contributed by atoms with E-state index in [4.69, 9.17) is 10.2 Å². The number of furan rings is 1. The molecule has 0 aromatic carbocycles. The molecule has 1 heterocycles. The van der Waals surface area contributed by atoms with Crippen molar-refractivity contribution < 1.29 is 13.2 Å². The molecule has 1 aromatic rings. The summed E-state index contributed by atoms with van der Waals surface area (Å²) in [4.78, 5) is 1.54. The molecule has 2 N–H and O–H groups in total. The van der Waals surface area contributed by atoms with Crippen LogP contribution >= 0.6 is 0 Å². The third-order valence-corrected chi connectivity index (χ3v) is 1.91. The van der Waals surface area contributed by atoms with Crippen LogP contribution in [0.1, 0.15) is 11.3 Å². The standard InChI is InChI=1S/C9H14F2N2O/c1-13(6-9(10)11)5-7-2-3-14-8(7)4-12/h2-3,9H,4-6,12H2,1H3. The normalized spacial score (nSPS) is 11.6. The number of nitrogens with zero attached hydrogens (tertiary/aromatic N) is 1. The highest BCUT2D eigenvalue weighted by Crippen LogP contribution is 2.12. The van der Waals surface area contributed by atoms with Crippen LogP contribution in [0.2, 0.25) is 0 Å². The molecule has 0 unspecified atom stereocenters. The summed E-state index contributed by atoms with van der Waals surface area (Å²) in [6.45, 7) is 0.493. The number of alkyl halides is 2. The van der Waals surface area contributed by atoms with Gasteiger partial charge in [0.2, 0.25) is 0 Å². The van der Waals surface area contributed by atoms with E-state index in [1.54, 1.807) is 13.1 Å². The molecule has 0 bridgehead atoms. The van der Waals surface area contributed by atoms with Gasteiger partial charge in [0.25, 0.3) is 6.43 Å². The third-order valence-electron chi connectivity index (χ3n) is 1.91. The van der Waals surface area contributed by atoms with Gasteiger partial charge in [0, 0.05) is 12.1 Å². The molecule has 0 amide bonds. The maximum Gasteiger partial charge on any atom is 0.251 e. The van der Waals surface area contributed by atoms with Crippen LogP contribution in [0.3, 0.4) is 0 Å². The van der Waals surface area contributed by atoms with Crippen molar-refractivity contribution >= 4 is 0 Å². The summed E-state index contributed by atoms with van der Waals surface area (Å²) < 4.78 is 29.1. The van der Waals surface area contributed by atoms with E-state index in [2.05, 4.69) is 0 Å². The van der Waals surface area contributed by atoms with E-state index < -0.39 is 6.43 Å². The van der Waals surface area contributed by atoms with Gasteiger partial charge in [0.15, 0.2) is 0 Å². The first-order chi connectivity index (χ1) is 6.63. The van der Waals surface area contributed by atoms with Gasteiger partial charge in [-0.05, 0) is 13.1 Å². The molecule has 80 valence electrons. The summed E-state index contributed by atoms with van der Waals surface area (Å²) in [6, 6.07) is 1.75. The minimum Gasteiger partial charge on any atom is -0.468 e. The molecule has 5 heteroatoms. The van der Waals surface area contributed by atoms with E-state index in [-0.39, 0.29) is 6.54 Å². The lowest BCUT2D eigenvalue weighted by Crippen LogP contribution is -2.24. The Morgan fingerprint density at radius 2 is 2.29 bits per heavy atom. The van der Waals surface area contributed by atoms with Crippen LogP contribution in [-0.2, 0) is 13.1 Å². The van der Waals surface area contributed by atoms with Crippen molar-refractivity contribution in [3.63, 3.8) is 0 Å². The van der Waals surface area contributed by atoms with Crippen LogP contribution in [-0.4, -0.2) is 24.9 Å². The molecule has 0 radical (unpaired) electrons. The minimum atomic E-state index is -2.31. The zero-order valence-corrected chi connectivity index (χ0v) is 8.04. The van der Waals surface area contributed by atoms with Crippen molar-refractivity contribution in [1.29, 1.82) is 0 Å². The summed E-state index contributed by atoms with van der Waals surface area (Å²) in [5.74, 6) is 0.658. The highest BCUT2D eigenvalue weighted by molar-refractivity contribution is 5.16. The third kappa shape index (κ3) is 3.08. The number of hydrogen-bond donors (Lipinski definition) is 1. The van der Waals surface area contributed by atoms with E-state index >= 15 is 0 Å². The van der Waals surface area contributed by atoms with Crippen LogP contribution < -0.4 is 5.73 Å². The molecule has 3 nitrogen and oxygen atoms in total. The fourth-order valence-corrected chi connectivity index (χ4v) is 1.28. The molecule has 0 fully saturated rings. The van der Waals surface area contributed by atoms with Gasteiger partial charge in [-0.3, -0.25) is 4.90 Å². The smallest absolute Gasteiger partial charge is 0.251 e. The van der Waals surface area contributed by atoms with E-state index in [0.29, 0.717) is 18.8 Å². The Kier molecular flexibility index (Phi) is 4.03. The number of rotatable bonds is 5. The van der Waals surface area contributed by atoms with Crippen molar-refractivity contribution in [3.8, 4) is 0 Å². The molecule has 0 spiro atoms. The van der Waals surface area contributed by atoms with Gasteiger partial charge in [0.1, 0.15) is 5.76 Å². The predicted octanol–water partition coefficient (Wildman–Crippen LogP) is 1.44. The first-order valence-electron chi connectivity index (χ1n) is 4.35. The number of nitrogens with two attached hydrogens (primary N) is 1.